The number of amides is 1. The summed E-state index contributed by atoms with van der Waals surface area (Å²) in [5.41, 5.74) is 6.08. The van der Waals surface area contributed by atoms with Gasteiger partial charge >= 0.3 is 0 Å². The van der Waals surface area contributed by atoms with Crippen molar-refractivity contribution in [1.29, 1.82) is 0 Å². The number of rotatable bonds is 6. The normalized spacial score (nSPS) is 19.6. The predicted octanol–water partition coefficient (Wildman–Crippen LogP) is 1.30. The van der Waals surface area contributed by atoms with E-state index in [0.717, 1.165) is 18.8 Å². The number of anilines is 1. The molecule has 1 aromatic carbocycles. The second-order valence-electron chi connectivity index (χ2n) is 5.43. The van der Waals surface area contributed by atoms with Crippen LogP contribution in [-0.4, -0.2) is 44.1 Å². The van der Waals surface area contributed by atoms with Crippen LogP contribution in [0, 0.1) is 5.92 Å². The smallest absolute Gasteiger partial charge is 0.255 e. The summed E-state index contributed by atoms with van der Waals surface area (Å²) in [6.45, 7) is 3.22. The first-order chi connectivity index (χ1) is 9.63. The van der Waals surface area contributed by atoms with Gasteiger partial charge in [0.15, 0.2) is 6.61 Å². The minimum absolute atomic E-state index is 0.0864. The average Bonchev–Trinajstić information content (AvgIpc) is 2.43. The van der Waals surface area contributed by atoms with Crippen LogP contribution in [0.2, 0.25) is 0 Å². The molecule has 1 amide bonds. The zero-order valence-corrected chi connectivity index (χ0v) is 12.0. The molecule has 1 aliphatic heterocycles. The molecule has 0 aliphatic carbocycles. The van der Waals surface area contributed by atoms with Crippen molar-refractivity contribution in [3.63, 3.8) is 0 Å². The third-order valence-electron chi connectivity index (χ3n) is 3.53. The summed E-state index contributed by atoms with van der Waals surface area (Å²) >= 11 is 0. The quantitative estimate of drug-likeness (QED) is 0.822. The number of nitrogens with two attached hydrogens (primary N) is 1. The molecule has 110 valence electrons. The van der Waals surface area contributed by atoms with Crippen LogP contribution in [0.5, 0.6) is 5.75 Å². The van der Waals surface area contributed by atoms with E-state index in [2.05, 4.69) is 17.3 Å². The summed E-state index contributed by atoms with van der Waals surface area (Å²) in [6.07, 6.45) is 2.54. The van der Waals surface area contributed by atoms with Gasteiger partial charge in [0.2, 0.25) is 0 Å². The van der Waals surface area contributed by atoms with E-state index in [1.54, 1.807) is 0 Å². The molecule has 1 heterocycles. The van der Waals surface area contributed by atoms with Gasteiger partial charge in [-0.2, -0.15) is 0 Å². The standard InChI is InChI=1S/C15H23N3O2/c1-18-7-3-4-12(10-18)9-17-13-5-2-6-14(8-13)20-11-15(16)19/h2,5-6,8,12,17H,3-4,7,9-11H2,1H3,(H2,16,19). The Kier molecular flexibility index (Phi) is 5.24. The predicted molar refractivity (Wildman–Crippen MR) is 79.8 cm³/mol. The maximum Gasteiger partial charge on any atom is 0.255 e. The van der Waals surface area contributed by atoms with Gasteiger partial charge in [-0.05, 0) is 44.5 Å². The van der Waals surface area contributed by atoms with Crippen molar-refractivity contribution in [2.75, 3.05) is 38.6 Å². The molecule has 20 heavy (non-hydrogen) atoms. The number of piperidine rings is 1. The minimum Gasteiger partial charge on any atom is -0.484 e. The van der Waals surface area contributed by atoms with Crippen LogP contribution >= 0.6 is 0 Å². The molecule has 5 heteroatoms. The maximum absolute atomic E-state index is 10.7. The van der Waals surface area contributed by atoms with Crippen molar-refractivity contribution in [3.8, 4) is 5.75 Å². The number of carbonyl (C=O) groups is 1. The molecular formula is C15H23N3O2. The van der Waals surface area contributed by atoms with Crippen molar-refractivity contribution in [2.24, 2.45) is 11.7 Å². The minimum atomic E-state index is -0.464. The lowest BCUT2D eigenvalue weighted by Gasteiger charge is -2.30. The van der Waals surface area contributed by atoms with Gasteiger partial charge in [-0.15, -0.1) is 0 Å². The summed E-state index contributed by atoms with van der Waals surface area (Å²) < 4.78 is 5.29. The van der Waals surface area contributed by atoms with Gasteiger partial charge in [-0.1, -0.05) is 6.07 Å². The highest BCUT2D eigenvalue weighted by molar-refractivity contribution is 5.75. The number of carbonyl (C=O) groups excluding carboxylic acids is 1. The summed E-state index contributed by atoms with van der Waals surface area (Å²) in [4.78, 5) is 13.1. The molecule has 0 aromatic heterocycles. The first-order valence-corrected chi connectivity index (χ1v) is 7.07. The van der Waals surface area contributed by atoms with Crippen molar-refractivity contribution in [3.05, 3.63) is 24.3 Å². The molecule has 1 saturated heterocycles. The van der Waals surface area contributed by atoms with Crippen LogP contribution in [0.15, 0.2) is 24.3 Å². The Labute approximate surface area is 120 Å². The fraction of sp³-hybridized carbons (Fsp3) is 0.533. The van der Waals surface area contributed by atoms with Gasteiger partial charge < -0.3 is 20.7 Å². The summed E-state index contributed by atoms with van der Waals surface area (Å²) in [7, 11) is 2.17. The number of ether oxygens (including phenoxy) is 1. The van der Waals surface area contributed by atoms with E-state index in [0.29, 0.717) is 11.7 Å². The lowest BCUT2D eigenvalue weighted by atomic mass is 9.98. The third kappa shape index (κ3) is 4.74. The van der Waals surface area contributed by atoms with E-state index in [1.165, 1.54) is 19.4 Å². The lowest BCUT2D eigenvalue weighted by Crippen LogP contribution is -2.35. The number of likely N-dealkylation sites (tertiary alicyclic amines) is 1. The highest BCUT2D eigenvalue weighted by Crippen LogP contribution is 2.20. The zero-order valence-electron chi connectivity index (χ0n) is 12.0. The molecule has 1 aliphatic rings. The second kappa shape index (κ2) is 7.14. The van der Waals surface area contributed by atoms with Crippen LogP contribution in [-0.2, 0) is 4.79 Å². The molecule has 2 rings (SSSR count). The summed E-state index contributed by atoms with van der Waals surface area (Å²) in [6, 6.07) is 7.63. The number of hydrogen-bond acceptors (Lipinski definition) is 4. The first kappa shape index (κ1) is 14.7. The summed E-state index contributed by atoms with van der Waals surface area (Å²) in [5.74, 6) is 0.882. The van der Waals surface area contributed by atoms with Gasteiger partial charge in [-0.25, -0.2) is 0 Å². The molecule has 1 fully saturated rings. The average molecular weight is 277 g/mol. The van der Waals surface area contributed by atoms with Crippen molar-refractivity contribution >= 4 is 11.6 Å². The Balaban J connectivity index is 1.83. The van der Waals surface area contributed by atoms with Crippen molar-refractivity contribution < 1.29 is 9.53 Å². The molecule has 1 unspecified atom stereocenters. The van der Waals surface area contributed by atoms with Crippen LogP contribution < -0.4 is 15.8 Å². The fourth-order valence-electron chi connectivity index (χ4n) is 2.55. The zero-order chi connectivity index (χ0) is 14.4. The third-order valence-corrected chi connectivity index (χ3v) is 3.53. The van der Waals surface area contributed by atoms with Crippen LogP contribution in [0.25, 0.3) is 0 Å². The van der Waals surface area contributed by atoms with E-state index in [1.807, 2.05) is 24.3 Å². The molecule has 1 atom stereocenters. The highest BCUT2D eigenvalue weighted by Gasteiger charge is 2.16. The van der Waals surface area contributed by atoms with E-state index in [4.69, 9.17) is 10.5 Å². The van der Waals surface area contributed by atoms with E-state index >= 15 is 0 Å². The van der Waals surface area contributed by atoms with Gasteiger partial charge in [0.05, 0.1) is 0 Å². The first-order valence-electron chi connectivity index (χ1n) is 7.07. The molecule has 0 saturated carbocycles. The summed E-state index contributed by atoms with van der Waals surface area (Å²) in [5, 5.41) is 3.44. The van der Waals surface area contributed by atoms with E-state index in [9.17, 15) is 4.79 Å². The molecule has 5 nitrogen and oxygen atoms in total. The van der Waals surface area contributed by atoms with Gasteiger partial charge in [0.1, 0.15) is 5.75 Å². The highest BCUT2D eigenvalue weighted by atomic mass is 16.5. The Hall–Kier alpha value is -1.75. The number of hydrogen-bond donors (Lipinski definition) is 2. The van der Waals surface area contributed by atoms with Crippen LogP contribution in [0.4, 0.5) is 5.69 Å². The molecule has 0 spiro atoms. The van der Waals surface area contributed by atoms with E-state index < -0.39 is 5.91 Å². The number of nitrogens with one attached hydrogen (secondary N) is 1. The van der Waals surface area contributed by atoms with Gasteiger partial charge in [-0.3, -0.25) is 4.79 Å². The fourth-order valence-corrected chi connectivity index (χ4v) is 2.55. The van der Waals surface area contributed by atoms with Crippen molar-refractivity contribution in [1.82, 2.24) is 4.90 Å². The van der Waals surface area contributed by atoms with Crippen molar-refractivity contribution in [2.45, 2.75) is 12.8 Å². The Bertz CT molecular complexity index is 450. The topological polar surface area (TPSA) is 67.6 Å². The Morgan fingerprint density at radius 2 is 2.40 bits per heavy atom. The second-order valence-corrected chi connectivity index (χ2v) is 5.43. The van der Waals surface area contributed by atoms with Crippen LogP contribution in [0.1, 0.15) is 12.8 Å². The SMILES string of the molecule is CN1CCCC(CNc2cccc(OCC(N)=O)c2)C1. The lowest BCUT2D eigenvalue weighted by molar-refractivity contribution is -0.119. The molecule has 0 bridgehead atoms. The Morgan fingerprint density at radius 3 is 3.15 bits per heavy atom. The van der Waals surface area contributed by atoms with Crippen LogP contribution in [0.3, 0.4) is 0 Å². The van der Waals surface area contributed by atoms with E-state index in [-0.39, 0.29) is 6.61 Å². The molecule has 0 radical (unpaired) electrons. The molecule has 1 aromatic rings. The molecular weight excluding hydrogens is 254 g/mol. The largest absolute Gasteiger partial charge is 0.484 e. The number of primary amides is 1. The van der Waals surface area contributed by atoms with Gasteiger partial charge in [0, 0.05) is 24.8 Å². The maximum atomic E-state index is 10.7. The number of benzene rings is 1. The molecule has 3 N–H and O–H groups in total. The van der Waals surface area contributed by atoms with Gasteiger partial charge in [0.25, 0.3) is 5.91 Å². The number of nitrogens with zero attached hydrogens (tertiary/aromatic N) is 1. The Morgan fingerprint density at radius 1 is 1.55 bits per heavy atom. The monoisotopic (exact) mass is 277 g/mol.